The van der Waals surface area contributed by atoms with Crippen LogP contribution >= 0.6 is 0 Å². The molecule has 0 saturated carbocycles. The maximum Gasteiger partial charge on any atom is 0.330 e. The van der Waals surface area contributed by atoms with Gasteiger partial charge >= 0.3 is 5.97 Å². The molecule has 0 amide bonds. The van der Waals surface area contributed by atoms with Gasteiger partial charge in [-0.1, -0.05) is 6.07 Å². The lowest BCUT2D eigenvalue weighted by Gasteiger charge is -2.16. The van der Waals surface area contributed by atoms with Crippen LogP contribution in [0.2, 0.25) is 0 Å². The maximum atomic E-state index is 11.6. The second kappa shape index (κ2) is 5.49. The van der Waals surface area contributed by atoms with Crippen LogP contribution < -0.4 is 4.74 Å². The first-order valence-electron chi connectivity index (χ1n) is 5.85. The van der Waals surface area contributed by atoms with Crippen LogP contribution in [-0.2, 0) is 9.53 Å². The summed E-state index contributed by atoms with van der Waals surface area (Å²) in [4.78, 5) is 22.7. The Labute approximate surface area is 105 Å². The fourth-order valence-electron chi connectivity index (χ4n) is 1.74. The SMILES string of the molecule is CCOC(=O)C=Cc1ccc2c(c1)OCCC2=O. The summed E-state index contributed by atoms with van der Waals surface area (Å²) in [5.74, 6) is 0.293. The number of carbonyl (C=O) groups excluding carboxylic acids is 2. The van der Waals surface area contributed by atoms with Gasteiger partial charge in [-0.15, -0.1) is 0 Å². The molecule has 0 aromatic heterocycles. The second-order valence-corrected chi connectivity index (χ2v) is 3.86. The van der Waals surface area contributed by atoms with Crippen LogP contribution in [0.25, 0.3) is 6.08 Å². The second-order valence-electron chi connectivity index (χ2n) is 3.86. The summed E-state index contributed by atoms with van der Waals surface area (Å²) in [7, 11) is 0. The zero-order chi connectivity index (χ0) is 13.0. The van der Waals surface area contributed by atoms with E-state index in [2.05, 4.69) is 0 Å². The summed E-state index contributed by atoms with van der Waals surface area (Å²) < 4.78 is 10.2. The number of hydrogen-bond acceptors (Lipinski definition) is 4. The lowest BCUT2D eigenvalue weighted by Crippen LogP contribution is -2.15. The van der Waals surface area contributed by atoms with Gasteiger partial charge in [0.15, 0.2) is 5.78 Å². The molecule has 0 unspecified atom stereocenters. The molecule has 1 aliphatic heterocycles. The largest absolute Gasteiger partial charge is 0.492 e. The highest BCUT2D eigenvalue weighted by Gasteiger charge is 2.17. The highest BCUT2D eigenvalue weighted by Crippen LogP contribution is 2.26. The van der Waals surface area contributed by atoms with Crippen LogP contribution in [-0.4, -0.2) is 25.0 Å². The average Bonchev–Trinajstić information content (AvgIpc) is 2.37. The van der Waals surface area contributed by atoms with Gasteiger partial charge in [-0.2, -0.15) is 0 Å². The minimum atomic E-state index is -0.382. The average molecular weight is 246 g/mol. The molecular weight excluding hydrogens is 232 g/mol. The molecule has 0 N–H and O–H groups in total. The van der Waals surface area contributed by atoms with E-state index in [1.807, 2.05) is 0 Å². The van der Waals surface area contributed by atoms with Crippen LogP contribution in [0, 0.1) is 0 Å². The molecule has 94 valence electrons. The van der Waals surface area contributed by atoms with Crippen molar-refractivity contribution in [3.8, 4) is 5.75 Å². The first-order valence-corrected chi connectivity index (χ1v) is 5.85. The number of rotatable bonds is 3. The zero-order valence-corrected chi connectivity index (χ0v) is 10.1. The Morgan fingerprint density at radius 1 is 1.50 bits per heavy atom. The number of ketones is 1. The van der Waals surface area contributed by atoms with E-state index < -0.39 is 0 Å². The Morgan fingerprint density at radius 3 is 3.11 bits per heavy atom. The van der Waals surface area contributed by atoms with E-state index in [0.717, 1.165) is 5.56 Å². The van der Waals surface area contributed by atoms with Gasteiger partial charge in [0.05, 0.1) is 18.8 Å². The summed E-state index contributed by atoms with van der Waals surface area (Å²) in [5, 5.41) is 0. The minimum absolute atomic E-state index is 0.0946. The monoisotopic (exact) mass is 246 g/mol. The van der Waals surface area contributed by atoms with Gasteiger partial charge < -0.3 is 9.47 Å². The van der Waals surface area contributed by atoms with Gasteiger partial charge in [-0.05, 0) is 30.7 Å². The van der Waals surface area contributed by atoms with Crippen LogP contribution in [0.4, 0.5) is 0 Å². The summed E-state index contributed by atoms with van der Waals surface area (Å²) in [5.41, 5.74) is 1.41. The van der Waals surface area contributed by atoms with Gasteiger partial charge in [-0.25, -0.2) is 4.79 Å². The number of esters is 1. The number of hydrogen-bond donors (Lipinski definition) is 0. The Bertz CT molecular complexity index is 503. The van der Waals surface area contributed by atoms with Crippen molar-refractivity contribution < 1.29 is 19.1 Å². The van der Waals surface area contributed by atoms with Crippen molar-refractivity contribution in [3.05, 3.63) is 35.4 Å². The van der Waals surface area contributed by atoms with Gasteiger partial charge in [0.25, 0.3) is 0 Å². The van der Waals surface area contributed by atoms with E-state index in [0.29, 0.717) is 30.9 Å². The van der Waals surface area contributed by atoms with Crippen molar-refractivity contribution in [1.82, 2.24) is 0 Å². The standard InChI is InChI=1S/C14H14O4/c1-2-17-14(16)6-4-10-3-5-11-12(15)7-8-18-13(11)9-10/h3-6,9H,2,7-8H2,1H3. The molecule has 1 aromatic carbocycles. The number of Topliss-reactive ketones (excluding diaryl/α,β-unsaturated/α-hetero) is 1. The smallest absolute Gasteiger partial charge is 0.330 e. The van der Waals surface area contributed by atoms with Crippen molar-refractivity contribution in [2.24, 2.45) is 0 Å². The van der Waals surface area contributed by atoms with Gasteiger partial charge in [-0.3, -0.25) is 4.79 Å². The molecule has 0 fully saturated rings. The molecule has 0 saturated heterocycles. The molecule has 0 radical (unpaired) electrons. The summed E-state index contributed by atoms with van der Waals surface area (Å²) in [6.45, 7) is 2.52. The van der Waals surface area contributed by atoms with Crippen molar-refractivity contribution >= 4 is 17.8 Å². The summed E-state index contributed by atoms with van der Waals surface area (Å²) in [6.07, 6.45) is 3.42. The molecule has 0 atom stereocenters. The highest BCUT2D eigenvalue weighted by atomic mass is 16.5. The van der Waals surface area contributed by atoms with E-state index in [1.165, 1.54) is 6.08 Å². The van der Waals surface area contributed by atoms with Crippen LogP contribution in [0.5, 0.6) is 5.75 Å². The Kier molecular flexibility index (Phi) is 3.77. The van der Waals surface area contributed by atoms with E-state index in [9.17, 15) is 9.59 Å². The molecule has 0 spiro atoms. The molecule has 18 heavy (non-hydrogen) atoms. The summed E-state index contributed by atoms with van der Waals surface area (Å²) >= 11 is 0. The molecule has 0 bridgehead atoms. The zero-order valence-electron chi connectivity index (χ0n) is 10.1. The van der Waals surface area contributed by atoms with Crippen molar-refractivity contribution in [2.75, 3.05) is 13.2 Å². The van der Waals surface area contributed by atoms with Crippen LogP contribution in [0.3, 0.4) is 0 Å². The number of ether oxygens (including phenoxy) is 2. The maximum absolute atomic E-state index is 11.6. The highest BCUT2D eigenvalue weighted by molar-refractivity contribution is 6.00. The van der Waals surface area contributed by atoms with Crippen LogP contribution in [0.15, 0.2) is 24.3 Å². The Morgan fingerprint density at radius 2 is 2.33 bits per heavy atom. The third kappa shape index (κ3) is 2.77. The summed E-state index contributed by atoms with van der Waals surface area (Å²) in [6, 6.07) is 5.25. The van der Waals surface area contributed by atoms with E-state index in [-0.39, 0.29) is 11.8 Å². The van der Waals surface area contributed by atoms with E-state index in [1.54, 1.807) is 31.2 Å². The Hall–Kier alpha value is -2.10. The molecule has 1 heterocycles. The molecule has 1 aromatic rings. The molecule has 4 heteroatoms. The first-order chi connectivity index (χ1) is 8.70. The van der Waals surface area contributed by atoms with E-state index >= 15 is 0 Å². The van der Waals surface area contributed by atoms with Gasteiger partial charge in [0.1, 0.15) is 5.75 Å². The molecule has 2 rings (SSSR count). The lowest BCUT2D eigenvalue weighted by atomic mass is 10.0. The third-order valence-electron chi connectivity index (χ3n) is 2.59. The quantitative estimate of drug-likeness (QED) is 0.606. The fraction of sp³-hybridized carbons (Fsp3) is 0.286. The predicted molar refractivity (Wildman–Crippen MR) is 66.6 cm³/mol. The molecule has 1 aliphatic rings. The number of carbonyl (C=O) groups is 2. The number of benzene rings is 1. The topological polar surface area (TPSA) is 52.6 Å². The van der Waals surface area contributed by atoms with Crippen molar-refractivity contribution in [2.45, 2.75) is 13.3 Å². The lowest BCUT2D eigenvalue weighted by molar-refractivity contribution is -0.137. The minimum Gasteiger partial charge on any atom is -0.492 e. The molecular formula is C14H14O4. The fourth-order valence-corrected chi connectivity index (χ4v) is 1.74. The van der Waals surface area contributed by atoms with Gasteiger partial charge in [0, 0.05) is 12.5 Å². The Balaban J connectivity index is 2.16. The molecule has 0 aliphatic carbocycles. The van der Waals surface area contributed by atoms with E-state index in [4.69, 9.17) is 9.47 Å². The molecule has 4 nitrogen and oxygen atoms in total. The van der Waals surface area contributed by atoms with Gasteiger partial charge in [0.2, 0.25) is 0 Å². The van der Waals surface area contributed by atoms with Crippen molar-refractivity contribution in [3.63, 3.8) is 0 Å². The van der Waals surface area contributed by atoms with Crippen LogP contribution in [0.1, 0.15) is 29.3 Å². The predicted octanol–water partition coefficient (Wildman–Crippen LogP) is 2.23. The normalized spacial score (nSPS) is 14.2. The van der Waals surface area contributed by atoms with Crippen molar-refractivity contribution in [1.29, 1.82) is 0 Å². The first kappa shape index (κ1) is 12.4. The third-order valence-corrected chi connectivity index (χ3v) is 2.59. The number of fused-ring (bicyclic) bond motifs is 1.